The molecule has 2 aliphatic rings. The van der Waals surface area contributed by atoms with Gasteiger partial charge in [0.05, 0.1) is 11.3 Å². The average Bonchev–Trinajstić information content (AvgIpc) is 3.18. The fourth-order valence-corrected chi connectivity index (χ4v) is 4.88. The van der Waals surface area contributed by atoms with Crippen molar-refractivity contribution in [3.8, 4) is 0 Å². The van der Waals surface area contributed by atoms with E-state index in [4.69, 9.17) is 0 Å². The van der Waals surface area contributed by atoms with E-state index in [0.29, 0.717) is 16.9 Å². The Labute approximate surface area is 192 Å². The van der Waals surface area contributed by atoms with Crippen LogP contribution in [-0.2, 0) is 16.1 Å². The van der Waals surface area contributed by atoms with Gasteiger partial charge < -0.3 is 10.2 Å². The Balaban J connectivity index is 1.66. The van der Waals surface area contributed by atoms with Gasteiger partial charge in [-0.05, 0) is 48.7 Å². The van der Waals surface area contributed by atoms with E-state index in [0.717, 1.165) is 16.7 Å². The lowest BCUT2D eigenvalue weighted by Crippen LogP contribution is -2.69. The number of para-hydroxylation sites is 1. The predicted octanol–water partition coefficient (Wildman–Crippen LogP) is 4.42. The van der Waals surface area contributed by atoms with Crippen LogP contribution >= 0.6 is 0 Å². The molecule has 0 spiro atoms. The maximum Gasteiger partial charge on any atom is 0.271 e. The number of nitrogens with one attached hydrogen (secondary N) is 1. The third-order valence-electron chi connectivity index (χ3n) is 6.77. The highest BCUT2D eigenvalue weighted by molar-refractivity contribution is 6.18. The van der Waals surface area contributed by atoms with Crippen LogP contribution in [0.1, 0.15) is 39.9 Å². The molecule has 3 aromatic carbocycles. The van der Waals surface area contributed by atoms with Gasteiger partial charge in [0.1, 0.15) is 0 Å². The Bertz CT molecular complexity index is 1270. The van der Waals surface area contributed by atoms with E-state index >= 15 is 0 Å². The van der Waals surface area contributed by atoms with Crippen molar-refractivity contribution in [2.24, 2.45) is 0 Å². The summed E-state index contributed by atoms with van der Waals surface area (Å²) in [5.74, 6) is -0.790. The van der Waals surface area contributed by atoms with Crippen molar-refractivity contribution < 1.29 is 14.4 Å². The molecule has 0 saturated carbocycles. The molecule has 1 atom stereocenters. The molecule has 1 fully saturated rings. The Morgan fingerprint density at radius 3 is 2.45 bits per heavy atom. The summed E-state index contributed by atoms with van der Waals surface area (Å²) < 4.78 is 0. The summed E-state index contributed by atoms with van der Waals surface area (Å²) in [5, 5.41) is 3.04. The number of aryl methyl sites for hydroxylation is 1. The highest BCUT2D eigenvalue weighted by Crippen LogP contribution is 2.45. The second-order valence-corrected chi connectivity index (χ2v) is 8.64. The quantitative estimate of drug-likeness (QED) is 0.654. The van der Waals surface area contributed by atoms with E-state index in [1.807, 2.05) is 62.4 Å². The lowest BCUT2D eigenvalue weighted by atomic mass is 9.94. The number of amides is 3. The summed E-state index contributed by atoms with van der Waals surface area (Å²) >= 11 is 0. The summed E-state index contributed by atoms with van der Waals surface area (Å²) in [5.41, 5.74) is 3.06. The van der Waals surface area contributed by atoms with Gasteiger partial charge in [0, 0.05) is 25.1 Å². The molecule has 3 amide bonds. The number of carbonyl (C=O) groups excluding carboxylic acids is 3. The summed E-state index contributed by atoms with van der Waals surface area (Å²) in [4.78, 5) is 44.1. The number of carbonyl (C=O) groups is 3. The second kappa shape index (κ2) is 7.89. The van der Waals surface area contributed by atoms with E-state index in [-0.39, 0.29) is 37.1 Å². The SMILES string of the molecule is Cc1cccc(NC(=O)[C@]23CCC(=O)N2c2ccccc2C(=O)N3Cc2ccccc2)c1C. The van der Waals surface area contributed by atoms with Crippen molar-refractivity contribution in [3.05, 3.63) is 95.1 Å². The molecule has 0 aliphatic carbocycles. The van der Waals surface area contributed by atoms with E-state index in [2.05, 4.69) is 5.32 Å². The third kappa shape index (κ3) is 3.21. The molecular formula is C27H25N3O3. The summed E-state index contributed by atoms with van der Waals surface area (Å²) in [7, 11) is 0. The molecule has 6 heteroatoms. The van der Waals surface area contributed by atoms with Crippen LogP contribution in [0.3, 0.4) is 0 Å². The van der Waals surface area contributed by atoms with Crippen molar-refractivity contribution in [1.82, 2.24) is 4.90 Å². The first-order chi connectivity index (χ1) is 15.9. The molecule has 5 rings (SSSR count). The van der Waals surface area contributed by atoms with E-state index in [1.54, 1.807) is 29.2 Å². The van der Waals surface area contributed by atoms with Crippen molar-refractivity contribution in [2.75, 3.05) is 10.2 Å². The highest BCUT2D eigenvalue weighted by Gasteiger charge is 2.60. The molecule has 2 aliphatic heterocycles. The van der Waals surface area contributed by atoms with Crippen LogP contribution in [0.5, 0.6) is 0 Å². The van der Waals surface area contributed by atoms with Crippen LogP contribution in [0.4, 0.5) is 11.4 Å². The Morgan fingerprint density at radius 2 is 1.67 bits per heavy atom. The average molecular weight is 440 g/mol. The van der Waals surface area contributed by atoms with Gasteiger partial charge in [0.15, 0.2) is 0 Å². The van der Waals surface area contributed by atoms with Crippen molar-refractivity contribution in [3.63, 3.8) is 0 Å². The minimum Gasteiger partial charge on any atom is -0.322 e. The van der Waals surface area contributed by atoms with Gasteiger partial charge in [-0.3, -0.25) is 19.3 Å². The molecular weight excluding hydrogens is 414 g/mol. The third-order valence-corrected chi connectivity index (χ3v) is 6.77. The lowest BCUT2D eigenvalue weighted by molar-refractivity contribution is -0.129. The van der Waals surface area contributed by atoms with Crippen LogP contribution in [0, 0.1) is 13.8 Å². The summed E-state index contributed by atoms with van der Waals surface area (Å²) in [6.45, 7) is 4.15. The van der Waals surface area contributed by atoms with Crippen molar-refractivity contribution >= 4 is 29.1 Å². The zero-order valence-electron chi connectivity index (χ0n) is 18.7. The van der Waals surface area contributed by atoms with Crippen molar-refractivity contribution in [2.45, 2.75) is 38.9 Å². The molecule has 6 nitrogen and oxygen atoms in total. The molecule has 3 aromatic rings. The van der Waals surface area contributed by atoms with E-state index in [9.17, 15) is 14.4 Å². The fourth-order valence-electron chi connectivity index (χ4n) is 4.88. The number of anilines is 2. The minimum atomic E-state index is -1.44. The Morgan fingerprint density at radius 1 is 0.939 bits per heavy atom. The molecule has 1 saturated heterocycles. The van der Waals surface area contributed by atoms with Gasteiger partial charge in [-0.25, -0.2) is 0 Å². The van der Waals surface area contributed by atoms with Gasteiger partial charge in [-0.15, -0.1) is 0 Å². The summed E-state index contributed by atoms with van der Waals surface area (Å²) in [6, 6.07) is 22.3. The Kier molecular flexibility index (Phi) is 5.01. The standard InChI is InChI=1S/C27H25N3O3/c1-18-9-8-13-22(19(18)2)28-26(33)27-16-15-24(31)30(27)23-14-7-6-12-21(23)25(32)29(27)17-20-10-4-3-5-11-20/h3-14H,15-17H2,1-2H3,(H,28,33)/t27-/m0/s1. The maximum atomic E-state index is 14.0. The largest absolute Gasteiger partial charge is 0.322 e. The number of nitrogens with zero attached hydrogens (tertiary/aromatic N) is 2. The lowest BCUT2D eigenvalue weighted by Gasteiger charge is -2.49. The number of benzene rings is 3. The van der Waals surface area contributed by atoms with Gasteiger partial charge in [0.25, 0.3) is 11.8 Å². The predicted molar refractivity (Wildman–Crippen MR) is 127 cm³/mol. The Hall–Kier alpha value is -3.93. The van der Waals surface area contributed by atoms with Gasteiger partial charge >= 0.3 is 0 Å². The summed E-state index contributed by atoms with van der Waals surface area (Å²) in [6.07, 6.45) is 0.419. The normalized spacial score (nSPS) is 19.3. The molecule has 1 N–H and O–H groups in total. The first-order valence-electron chi connectivity index (χ1n) is 11.1. The van der Waals surface area contributed by atoms with Gasteiger partial charge in [-0.2, -0.15) is 0 Å². The first-order valence-corrected chi connectivity index (χ1v) is 11.1. The molecule has 33 heavy (non-hydrogen) atoms. The second-order valence-electron chi connectivity index (χ2n) is 8.64. The number of rotatable bonds is 4. The van der Waals surface area contributed by atoms with Crippen LogP contribution in [-0.4, -0.2) is 28.3 Å². The zero-order valence-corrected chi connectivity index (χ0v) is 18.7. The molecule has 0 radical (unpaired) electrons. The zero-order chi connectivity index (χ0) is 23.2. The van der Waals surface area contributed by atoms with Crippen LogP contribution in [0.2, 0.25) is 0 Å². The fraction of sp³-hybridized carbons (Fsp3) is 0.222. The maximum absolute atomic E-state index is 14.0. The molecule has 166 valence electrons. The minimum absolute atomic E-state index is 0.163. The molecule has 0 aromatic heterocycles. The van der Waals surface area contributed by atoms with Gasteiger partial charge in [-0.1, -0.05) is 54.6 Å². The monoisotopic (exact) mass is 439 g/mol. The van der Waals surface area contributed by atoms with Crippen LogP contribution in [0.15, 0.2) is 72.8 Å². The van der Waals surface area contributed by atoms with Gasteiger partial charge in [0.2, 0.25) is 11.6 Å². The van der Waals surface area contributed by atoms with E-state index in [1.165, 1.54) is 4.90 Å². The molecule has 0 bridgehead atoms. The highest BCUT2D eigenvalue weighted by atomic mass is 16.2. The topological polar surface area (TPSA) is 69.7 Å². The number of fused-ring (bicyclic) bond motifs is 3. The van der Waals surface area contributed by atoms with Crippen molar-refractivity contribution in [1.29, 1.82) is 0 Å². The van der Waals surface area contributed by atoms with Crippen LogP contribution in [0.25, 0.3) is 0 Å². The smallest absolute Gasteiger partial charge is 0.271 e. The first kappa shape index (κ1) is 20.9. The number of hydrogen-bond donors (Lipinski definition) is 1. The molecule has 2 heterocycles. The number of hydrogen-bond acceptors (Lipinski definition) is 3. The van der Waals surface area contributed by atoms with Crippen LogP contribution < -0.4 is 10.2 Å². The molecule has 0 unspecified atom stereocenters. The van der Waals surface area contributed by atoms with E-state index < -0.39 is 5.66 Å².